The van der Waals surface area contributed by atoms with Gasteiger partial charge in [-0.05, 0) is 54.1 Å². The summed E-state index contributed by atoms with van der Waals surface area (Å²) in [5.41, 5.74) is 6.51. The molecule has 0 aliphatic carbocycles. The number of urea groups is 1. The normalized spacial score (nSPS) is 13.9. The number of nitrogens with zero attached hydrogens (tertiary/aromatic N) is 2. The molecule has 1 heterocycles. The van der Waals surface area contributed by atoms with Crippen LogP contribution in [-0.2, 0) is 4.74 Å². The summed E-state index contributed by atoms with van der Waals surface area (Å²) >= 11 is 12.0. The molecule has 3 aromatic carbocycles. The van der Waals surface area contributed by atoms with Crippen LogP contribution in [0.4, 0.5) is 20.6 Å². The number of morpholine rings is 1. The van der Waals surface area contributed by atoms with Crippen LogP contribution in [0.15, 0.2) is 60.7 Å². The topological polar surface area (TPSA) is 87.9 Å². The average molecular weight is 531 g/mol. The fourth-order valence-electron chi connectivity index (χ4n) is 4.00. The predicted molar refractivity (Wildman–Crippen MR) is 140 cm³/mol. The van der Waals surface area contributed by atoms with E-state index in [9.17, 15) is 9.59 Å². The number of primary amides is 1. The van der Waals surface area contributed by atoms with Crippen LogP contribution in [0.25, 0.3) is 11.1 Å². The van der Waals surface area contributed by atoms with Gasteiger partial charge in [0.25, 0.3) is 0 Å². The number of amides is 3. The first kappa shape index (κ1) is 25.9. The van der Waals surface area contributed by atoms with Crippen LogP contribution in [0.5, 0.6) is 0 Å². The van der Waals surface area contributed by atoms with Gasteiger partial charge in [0.05, 0.1) is 24.5 Å². The van der Waals surface area contributed by atoms with Crippen LogP contribution >= 0.6 is 23.2 Å². The lowest BCUT2D eigenvalue weighted by Gasteiger charge is -2.30. The molecule has 188 valence electrons. The van der Waals surface area contributed by atoms with Crippen molar-refractivity contribution in [3.8, 4) is 11.1 Å². The summed E-state index contributed by atoms with van der Waals surface area (Å²) in [7, 11) is 0. The van der Waals surface area contributed by atoms with Gasteiger partial charge in [-0.15, -0.1) is 0 Å². The summed E-state index contributed by atoms with van der Waals surface area (Å²) in [4.78, 5) is 29.0. The highest BCUT2D eigenvalue weighted by molar-refractivity contribution is 6.31. The Balaban J connectivity index is 1.72. The lowest BCUT2D eigenvalue weighted by Crippen LogP contribution is -2.44. The van der Waals surface area contributed by atoms with E-state index in [1.807, 2.05) is 0 Å². The second-order valence-corrected chi connectivity index (χ2v) is 9.11. The first-order chi connectivity index (χ1) is 17.3. The standard InChI is InChI=1S/C26H25Cl2FN4O3/c27-18-3-1-17(2-4-18)23-21(25(30)34)9-10-22(24(23)29)33(12-11-32-13-15-36-16-14-32)26(35)31-20-7-5-19(28)6-8-20/h1-10H,11-16H2,(H2,30,34)(H,31,35). The van der Waals surface area contributed by atoms with Crippen LogP contribution in [0, 0.1) is 5.82 Å². The van der Waals surface area contributed by atoms with Gasteiger partial charge in [0.2, 0.25) is 5.91 Å². The highest BCUT2D eigenvalue weighted by atomic mass is 35.5. The van der Waals surface area contributed by atoms with Crippen molar-refractivity contribution in [3.05, 3.63) is 82.1 Å². The van der Waals surface area contributed by atoms with Crippen LogP contribution in [0.1, 0.15) is 10.4 Å². The number of nitrogens with one attached hydrogen (secondary N) is 1. The van der Waals surface area contributed by atoms with Gasteiger partial charge in [-0.3, -0.25) is 14.6 Å². The zero-order valence-corrected chi connectivity index (χ0v) is 20.9. The molecule has 1 saturated heterocycles. The average Bonchev–Trinajstić information content (AvgIpc) is 2.87. The van der Waals surface area contributed by atoms with Gasteiger partial charge in [-0.25, -0.2) is 9.18 Å². The van der Waals surface area contributed by atoms with Gasteiger partial charge in [0.1, 0.15) is 0 Å². The molecular formula is C26H25Cl2FN4O3. The fourth-order valence-corrected chi connectivity index (χ4v) is 4.25. The first-order valence-corrected chi connectivity index (χ1v) is 12.1. The fraction of sp³-hybridized carbons (Fsp3) is 0.231. The minimum atomic E-state index is -0.782. The molecular weight excluding hydrogens is 506 g/mol. The maximum Gasteiger partial charge on any atom is 0.326 e. The highest BCUT2D eigenvalue weighted by Gasteiger charge is 2.26. The maximum absolute atomic E-state index is 16.1. The molecule has 4 rings (SSSR count). The van der Waals surface area contributed by atoms with Crippen LogP contribution in [0.2, 0.25) is 10.0 Å². The minimum absolute atomic E-state index is 0.00445. The van der Waals surface area contributed by atoms with E-state index in [0.717, 1.165) is 0 Å². The number of hydrogen-bond acceptors (Lipinski definition) is 4. The van der Waals surface area contributed by atoms with E-state index < -0.39 is 17.8 Å². The van der Waals surface area contributed by atoms with E-state index in [4.69, 9.17) is 33.7 Å². The van der Waals surface area contributed by atoms with E-state index in [2.05, 4.69) is 10.2 Å². The Kier molecular flexibility index (Phi) is 8.43. The van der Waals surface area contributed by atoms with E-state index >= 15 is 4.39 Å². The van der Waals surface area contributed by atoms with E-state index in [0.29, 0.717) is 54.1 Å². The number of ether oxygens (including phenoxy) is 1. The van der Waals surface area contributed by atoms with Gasteiger partial charge < -0.3 is 15.8 Å². The van der Waals surface area contributed by atoms with Gasteiger partial charge >= 0.3 is 6.03 Å². The second kappa shape index (κ2) is 11.7. The molecule has 7 nitrogen and oxygen atoms in total. The summed E-state index contributed by atoms with van der Waals surface area (Å²) in [6, 6.07) is 15.3. The third-order valence-electron chi connectivity index (χ3n) is 5.89. The van der Waals surface area contributed by atoms with Crippen molar-refractivity contribution < 1.29 is 18.7 Å². The molecule has 1 aliphatic heterocycles. The molecule has 0 spiro atoms. The molecule has 0 atom stereocenters. The van der Waals surface area contributed by atoms with Crippen LogP contribution in [0.3, 0.4) is 0 Å². The number of rotatable bonds is 7. The quantitative estimate of drug-likeness (QED) is 0.435. The molecule has 0 aromatic heterocycles. The smallest absolute Gasteiger partial charge is 0.326 e. The van der Waals surface area contributed by atoms with Gasteiger partial charge in [0.15, 0.2) is 5.82 Å². The molecule has 1 aliphatic rings. The predicted octanol–water partition coefficient (Wildman–Crippen LogP) is 5.27. The van der Waals surface area contributed by atoms with Crippen molar-refractivity contribution >= 4 is 46.5 Å². The Labute approximate surface area is 218 Å². The van der Waals surface area contributed by atoms with Crippen molar-refractivity contribution in [2.24, 2.45) is 5.73 Å². The number of carbonyl (C=O) groups excluding carboxylic acids is 2. The van der Waals surface area contributed by atoms with Gasteiger partial charge in [-0.1, -0.05) is 35.3 Å². The van der Waals surface area contributed by atoms with Crippen molar-refractivity contribution in [1.82, 2.24) is 4.90 Å². The third kappa shape index (κ3) is 6.14. The number of halogens is 3. The number of benzene rings is 3. The Hall–Kier alpha value is -3.17. The minimum Gasteiger partial charge on any atom is -0.379 e. The highest BCUT2D eigenvalue weighted by Crippen LogP contribution is 2.34. The van der Waals surface area contributed by atoms with E-state index in [-0.39, 0.29) is 23.4 Å². The lowest BCUT2D eigenvalue weighted by molar-refractivity contribution is 0.0393. The molecule has 0 saturated carbocycles. The molecule has 0 bridgehead atoms. The summed E-state index contributed by atoms with van der Waals surface area (Å²) < 4.78 is 21.5. The van der Waals surface area contributed by atoms with Crippen molar-refractivity contribution in [1.29, 1.82) is 0 Å². The van der Waals surface area contributed by atoms with Crippen molar-refractivity contribution in [2.75, 3.05) is 49.6 Å². The van der Waals surface area contributed by atoms with Crippen molar-refractivity contribution in [3.63, 3.8) is 0 Å². The Bertz CT molecular complexity index is 1230. The van der Waals surface area contributed by atoms with E-state index in [1.54, 1.807) is 48.5 Å². The molecule has 36 heavy (non-hydrogen) atoms. The first-order valence-electron chi connectivity index (χ1n) is 11.4. The lowest BCUT2D eigenvalue weighted by atomic mass is 9.97. The molecule has 1 fully saturated rings. The summed E-state index contributed by atoms with van der Waals surface area (Å²) in [6.07, 6.45) is 0. The number of hydrogen-bond donors (Lipinski definition) is 2. The van der Waals surface area contributed by atoms with Gasteiger partial charge in [-0.2, -0.15) is 0 Å². The molecule has 10 heteroatoms. The third-order valence-corrected chi connectivity index (χ3v) is 6.40. The van der Waals surface area contributed by atoms with Crippen LogP contribution < -0.4 is 16.0 Å². The van der Waals surface area contributed by atoms with Gasteiger partial charge in [0, 0.05) is 47.5 Å². The largest absolute Gasteiger partial charge is 0.379 e. The maximum atomic E-state index is 16.1. The number of anilines is 2. The molecule has 0 radical (unpaired) electrons. The molecule has 0 unspecified atom stereocenters. The zero-order chi connectivity index (χ0) is 25.7. The summed E-state index contributed by atoms with van der Waals surface area (Å²) in [6.45, 7) is 3.33. The van der Waals surface area contributed by atoms with E-state index in [1.165, 1.54) is 17.0 Å². The Morgan fingerprint density at radius 3 is 2.19 bits per heavy atom. The molecule has 3 amide bonds. The number of nitrogens with two attached hydrogens (primary N) is 1. The Morgan fingerprint density at radius 1 is 0.972 bits per heavy atom. The summed E-state index contributed by atoms with van der Waals surface area (Å²) in [5.74, 6) is -1.52. The SMILES string of the molecule is NC(=O)c1ccc(N(CCN2CCOCC2)C(=O)Nc2ccc(Cl)cc2)c(F)c1-c1ccc(Cl)cc1. The molecule has 3 N–H and O–H groups in total. The van der Waals surface area contributed by atoms with Crippen LogP contribution in [-0.4, -0.2) is 56.2 Å². The zero-order valence-electron chi connectivity index (χ0n) is 19.3. The van der Waals surface area contributed by atoms with Crippen molar-refractivity contribution in [2.45, 2.75) is 0 Å². The Morgan fingerprint density at radius 2 is 1.58 bits per heavy atom. The molecule has 3 aromatic rings. The summed E-state index contributed by atoms with van der Waals surface area (Å²) in [5, 5.41) is 3.79. The monoisotopic (exact) mass is 530 g/mol. The number of carbonyl (C=O) groups is 2. The second-order valence-electron chi connectivity index (χ2n) is 8.24.